The van der Waals surface area contributed by atoms with Crippen molar-refractivity contribution in [1.29, 1.82) is 0 Å². The van der Waals surface area contributed by atoms with Crippen molar-refractivity contribution in [3.05, 3.63) is 65.2 Å². The van der Waals surface area contributed by atoms with E-state index in [-0.39, 0.29) is 11.5 Å². The topological polar surface area (TPSA) is 60.7 Å². The minimum Gasteiger partial charge on any atom is -0.508 e. The molecule has 2 aromatic rings. The normalized spacial score (nSPS) is 18.2. The lowest BCUT2D eigenvalue weighted by atomic mass is 9.83. The van der Waals surface area contributed by atoms with Gasteiger partial charge < -0.3 is 15.3 Å². The van der Waals surface area contributed by atoms with E-state index in [1.807, 2.05) is 24.3 Å². The molecule has 3 heteroatoms. The van der Waals surface area contributed by atoms with Gasteiger partial charge in [-0.15, -0.1) is 0 Å². The van der Waals surface area contributed by atoms with Gasteiger partial charge >= 0.3 is 0 Å². The maximum Gasteiger partial charge on any atom is 0.115 e. The average molecular weight is 296 g/mol. The number of rotatable bonds is 2. The van der Waals surface area contributed by atoms with E-state index in [0.29, 0.717) is 0 Å². The van der Waals surface area contributed by atoms with E-state index in [1.54, 1.807) is 24.3 Å². The monoisotopic (exact) mass is 296 g/mol. The van der Waals surface area contributed by atoms with Crippen molar-refractivity contribution in [3.63, 3.8) is 0 Å². The highest BCUT2D eigenvalue weighted by Crippen LogP contribution is 2.36. The molecule has 1 fully saturated rings. The Morgan fingerprint density at radius 1 is 0.773 bits per heavy atom. The molecule has 114 valence electrons. The van der Waals surface area contributed by atoms with Crippen LogP contribution in [-0.2, 0) is 0 Å². The largest absolute Gasteiger partial charge is 0.508 e. The second kappa shape index (κ2) is 6.24. The van der Waals surface area contributed by atoms with E-state index in [1.165, 1.54) is 0 Å². The van der Waals surface area contributed by atoms with Crippen LogP contribution in [0.2, 0.25) is 0 Å². The third-order valence-electron chi connectivity index (χ3n) is 4.21. The van der Waals surface area contributed by atoms with E-state index in [2.05, 4.69) is 0 Å². The van der Waals surface area contributed by atoms with Gasteiger partial charge in [0.25, 0.3) is 0 Å². The Hall–Kier alpha value is -2.26. The van der Waals surface area contributed by atoms with Crippen molar-refractivity contribution >= 4 is 5.57 Å². The van der Waals surface area contributed by atoms with Crippen LogP contribution in [0.15, 0.2) is 54.1 Å². The third kappa shape index (κ3) is 3.00. The molecule has 1 aliphatic rings. The molecule has 1 unspecified atom stereocenters. The zero-order valence-electron chi connectivity index (χ0n) is 12.4. The van der Waals surface area contributed by atoms with Crippen LogP contribution < -0.4 is 0 Å². The summed E-state index contributed by atoms with van der Waals surface area (Å²) in [7, 11) is 0. The Morgan fingerprint density at radius 2 is 1.27 bits per heavy atom. The minimum absolute atomic E-state index is 0.225. The molecule has 3 N–H and O–H groups in total. The first-order chi connectivity index (χ1) is 10.6. The smallest absolute Gasteiger partial charge is 0.115 e. The fourth-order valence-electron chi connectivity index (χ4n) is 3.08. The molecule has 2 aromatic carbocycles. The number of hydrogen-bond acceptors (Lipinski definition) is 3. The van der Waals surface area contributed by atoms with Gasteiger partial charge in [-0.2, -0.15) is 0 Å². The van der Waals surface area contributed by atoms with E-state index in [0.717, 1.165) is 48.0 Å². The molecule has 1 atom stereocenters. The summed E-state index contributed by atoms with van der Waals surface area (Å²) >= 11 is 0. The van der Waals surface area contributed by atoms with Crippen LogP contribution in [-0.4, -0.2) is 21.4 Å². The van der Waals surface area contributed by atoms with Crippen LogP contribution in [0, 0.1) is 0 Å². The molecular formula is C19H20O3. The molecule has 0 radical (unpaired) electrons. The standard InChI is InChI=1S/C19H20O3/c20-15-9-5-13(6-10-15)19(14-7-11-16(21)12-8-14)17-3-1-2-4-18(17)22/h5-12,18,20-22H,1-4H2. The molecule has 0 saturated heterocycles. The number of aromatic hydroxyl groups is 2. The molecule has 0 heterocycles. The molecule has 22 heavy (non-hydrogen) atoms. The van der Waals surface area contributed by atoms with Crippen molar-refractivity contribution in [2.24, 2.45) is 0 Å². The second-order valence-electron chi connectivity index (χ2n) is 5.76. The summed E-state index contributed by atoms with van der Waals surface area (Å²) in [4.78, 5) is 0. The van der Waals surface area contributed by atoms with Crippen LogP contribution >= 0.6 is 0 Å². The molecule has 1 saturated carbocycles. The zero-order chi connectivity index (χ0) is 15.5. The van der Waals surface area contributed by atoms with Gasteiger partial charge in [0.1, 0.15) is 11.5 Å². The summed E-state index contributed by atoms with van der Waals surface area (Å²) in [5.41, 5.74) is 3.99. The molecule has 0 bridgehead atoms. The fraction of sp³-hybridized carbons (Fsp3) is 0.263. The van der Waals surface area contributed by atoms with Gasteiger partial charge in [-0.3, -0.25) is 0 Å². The van der Waals surface area contributed by atoms with E-state index < -0.39 is 6.10 Å². The van der Waals surface area contributed by atoms with Crippen LogP contribution in [0.3, 0.4) is 0 Å². The lowest BCUT2D eigenvalue weighted by molar-refractivity contribution is 0.179. The highest BCUT2D eigenvalue weighted by Gasteiger charge is 2.21. The first kappa shape index (κ1) is 14.7. The van der Waals surface area contributed by atoms with Gasteiger partial charge in [0.15, 0.2) is 0 Å². The van der Waals surface area contributed by atoms with Gasteiger partial charge in [0.05, 0.1) is 6.10 Å². The summed E-state index contributed by atoms with van der Waals surface area (Å²) in [5, 5.41) is 29.4. The van der Waals surface area contributed by atoms with E-state index in [9.17, 15) is 15.3 Å². The van der Waals surface area contributed by atoms with Gasteiger partial charge in [0, 0.05) is 0 Å². The van der Waals surface area contributed by atoms with Crippen LogP contribution in [0.25, 0.3) is 5.57 Å². The summed E-state index contributed by atoms with van der Waals surface area (Å²) < 4.78 is 0. The predicted octanol–water partition coefficient (Wildman–Crippen LogP) is 3.83. The van der Waals surface area contributed by atoms with E-state index in [4.69, 9.17) is 0 Å². The highest BCUT2D eigenvalue weighted by molar-refractivity contribution is 5.83. The summed E-state index contributed by atoms with van der Waals surface area (Å²) in [6.45, 7) is 0. The molecule has 1 aliphatic carbocycles. The van der Waals surface area contributed by atoms with Crippen LogP contribution in [0.1, 0.15) is 36.8 Å². The number of hydrogen-bond donors (Lipinski definition) is 3. The average Bonchev–Trinajstić information content (AvgIpc) is 2.53. The van der Waals surface area contributed by atoms with Gasteiger partial charge in [-0.1, -0.05) is 30.7 Å². The molecule has 3 rings (SSSR count). The number of aliphatic hydroxyl groups excluding tert-OH is 1. The number of benzene rings is 2. The SMILES string of the molecule is Oc1ccc(C(=C2CCCCC2O)c2ccc(O)cc2)cc1. The van der Waals surface area contributed by atoms with Crippen molar-refractivity contribution in [2.75, 3.05) is 0 Å². The Labute approximate surface area is 130 Å². The maximum absolute atomic E-state index is 10.4. The number of phenolic OH excluding ortho intramolecular Hbond substituents is 2. The van der Waals surface area contributed by atoms with Gasteiger partial charge in [-0.05, 0) is 65.8 Å². The lowest BCUT2D eigenvalue weighted by Crippen LogP contribution is -2.17. The van der Waals surface area contributed by atoms with Crippen LogP contribution in [0.4, 0.5) is 0 Å². The lowest BCUT2D eigenvalue weighted by Gasteiger charge is -2.25. The fourth-order valence-corrected chi connectivity index (χ4v) is 3.08. The Morgan fingerprint density at radius 3 is 1.73 bits per heavy atom. The Kier molecular flexibility index (Phi) is 4.16. The molecule has 0 amide bonds. The first-order valence-electron chi connectivity index (χ1n) is 7.65. The first-order valence-corrected chi connectivity index (χ1v) is 7.65. The van der Waals surface area contributed by atoms with Gasteiger partial charge in [0.2, 0.25) is 0 Å². The Bertz CT molecular complexity index is 621. The van der Waals surface area contributed by atoms with Crippen molar-refractivity contribution in [1.82, 2.24) is 0 Å². The molecule has 0 spiro atoms. The maximum atomic E-state index is 10.4. The quantitative estimate of drug-likeness (QED) is 0.789. The summed E-state index contributed by atoms with van der Waals surface area (Å²) in [5.74, 6) is 0.450. The van der Waals surface area contributed by atoms with Crippen LogP contribution in [0.5, 0.6) is 11.5 Å². The summed E-state index contributed by atoms with van der Waals surface area (Å²) in [6, 6.07) is 14.1. The molecule has 0 aliphatic heterocycles. The highest BCUT2D eigenvalue weighted by atomic mass is 16.3. The number of aliphatic hydroxyl groups is 1. The Balaban J connectivity index is 2.15. The number of phenols is 2. The van der Waals surface area contributed by atoms with E-state index >= 15 is 0 Å². The van der Waals surface area contributed by atoms with Gasteiger partial charge in [-0.25, -0.2) is 0 Å². The zero-order valence-corrected chi connectivity index (χ0v) is 12.4. The molecule has 0 aromatic heterocycles. The minimum atomic E-state index is -0.425. The molecular weight excluding hydrogens is 276 g/mol. The second-order valence-corrected chi connectivity index (χ2v) is 5.76. The molecule has 3 nitrogen and oxygen atoms in total. The predicted molar refractivity (Wildman–Crippen MR) is 86.7 cm³/mol. The van der Waals surface area contributed by atoms with Crippen molar-refractivity contribution in [3.8, 4) is 11.5 Å². The van der Waals surface area contributed by atoms with Crippen molar-refractivity contribution in [2.45, 2.75) is 31.8 Å². The summed E-state index contributed by atoms with van der Waals surface area (Å²) in [6.07, 6.45) is 3.36. The van der Waals surface area contributed by atoms with Crippen molar-refractivity contribution < 1.29 is 15.3 Å². The third-order valence-corrected chi connectivity index (χ3v) is 4.21.